The van der Waals surface area contributed by atoms with Gasteiger partial charge < -0.3 is 4.52 Å². The van der Waals surface area contributed by atoms with Crippen LogP contribution in [-0.4, -0.2) is 0 Å². The molecular weight excluding hydrogens is 286 g/mol. The summed E-state index contributed by atoms with van der Waals surface area (Å²) in [6.07, 6.45) is 0. The highest BCUT2D eigenvalue weighted by atomic mass is 35.7. The first-order valence-electron chi connectivity index (χ1n) is 5.45. The van der Waals surface area contributed by atoms with Gasteiger partial charge in [-0.05, 0) is 28.4 Å². The average Bonchev–Trinajstić information content (AvgIpc) is 2.40. The van der Waals surface area contributed by atoms with Crippen molar-refractivity contribution >= 4 is 35.9 Å². The van der Waals surface area contributed by atoms with E-state index in [9.17, 15) is 0 Å². The Morgan fingerprint density at radius 2 is 1.72 bits per heavy atom. The predicted octanol–water partition coefficient (Wildman–Crippen LogP) is 5.67. The van der Waals surface area contributed by atoms with Gasteiger partial charge in [0.05, 0.1) is 5.02 Å². The van der Waals surface area contributed by atoms with E-state index < -0.39 is 7.50 Å². The van der Waals surface area contributed by atoms with E-state index in [1.54, 1.807) is 0 Å². The first-order valence-corrected chi connectivity index (χ1v) is 8.06. The van der Waals surface area contributed by atoms with Crippen molar-refractivity contribution in [1.82, 2.24) is 0 Å². The van der Waals surface area contributed by atoms with Crippen LogP contribution in [0.2, 0.25) is 5.02 Å². The first kappa shape index (κ1) is 12.0. The molecule has 0 saturated heterocycles. The molecule has 90 valence electrons. The molecule has 0 aliphatic carbocycles. The van der Waals surface area contributed by atoms with Crippen molar-refractivity contribution in [3.05, 3.63) is 70.5 Å². The van der Waals surface area contributed by atoms with Crippen LogP contribution in [0.15, 0.2) is 54.3 Å². The Hall–Kier alpha value is -1.01. The van der Waals surface area contributed by atoms with Crippen molar-refractivity contribution < 1.29 is 4.52 Å². The van der Waals surface area contributed by atoms with E-state index in [4.69, 9.17) is 27.4 Å². The van der Waals surface area contributed by atoms with Crippen molar-refractivity contribution in [2.24, 2.45) is 0 Å². The summed E-state index contributed by atoms with van der Waals surface area (Å²) in [5, 5.41) is 0.599. The summed E-state index contributed by atoms with van der Waals surface area (Å²) < 4.78 is 5.64. The summed E-state index contributed by atoms with van der Waals surface area (Å²) in [4.78, 5) is 0. The Kier molecular flexibility index (Phi) is 3.30. The van der Waals surface area contributed by atoms with Crippen LogP contribution >= 0.6 is 30.3 Å². The fourth-order valence-corrected chi connectivity index (χ4v) is 3.63. The van der Waals surface area contributed by atoms with E-state index in [2.05, 4.69) is 12.1 Å². The molecule has 1 aliphatic rings. The van der Waals surface area contributed by atoms with Gasteiger partial charge in [-0.1, -0.05) is 54.1 Å². The number of hydrogen-bond donors (Lipinski definition) is 0. The molecule has 0 amide bonds. The maximum Gasteiger partial charge on any atom is 0.208 e. The number of halogens is 2. The summed E-state index contributed by atoms with van der Waals surface area (Å²) in [6, 6.07) is 15.9. The summed E-state index contributed by atoms with van der Waals surface area (Å²) in [5.41, 5.74) is 3.20. The van der Waals surface area contributed by atoms with Crippen molar-refractivity contribution in [2.75, 3.05) is 0 Å². The highest BCUT2D eigenvalue weighted by Gasteiger charge is 2.22. The van der Waals surface area contributed by atoms with Crippen molar-refractivity contribution in [3.63, 3.8) is 0 Å². The summed E-state index contributed by atoms with van der Waals surface area (Å²) in [7, 11) is -1.13. The molecule has 0 saturated carbocycles. The van der Waals surface area contributed by atoms with E-state index in [0.717, 1.165) is 16.7 Å². The van der Waals surface area contributed by atoms with E-state index in [1.165, 1.54) is 0 Å². The maximum atomic E-state index is 6.17. The van der Waals surface area contributed by atoms with Gasteiger partial charge >= 0.3 is 0 Å². The minimum atomic E-state index is -1.13. The molecule has 0 fully saturated rings. The molecule has 0 N–H and O–H groups in total. The second-order valence-electron chi connectivity index (χ2n) is 3.89. The SMILES string of the molecule is Clc1cccc2c1OP(Cl)C=C2c1ccccc1. The summed E-state index contributed by atoms with van der Waals surface area (Å²) >= 11 is 12.3. The molecule has 18 heavy (non-hydrogen) atoms. The molecule has 0 aromatic heterocycles. The van der Waals surface area contributed by atoms with E-state index >= 15 is 0 Å². The van der Waals surface area contributed by atoms with Gasteiger partial charge in [-0.3, -0.25) is 0 Å². The molecule has 1 heterocycles. The van der Waals surface area contributed by atoms with Crippen LogP contribution in [0.4, 0.5) is 0 Å². The van der Waals surface area contributed by atoms with Crippen LogP contribution in [-0.2, 0) is 0 Å². The zero-order chi connectivity index (χ0) is 12.5. The minimum Gasteiger partial charge on any atom is -0.452 e. The topological polar surface area (TPSA) is 9.23 Å². The lowest BCUT2D eigenvalue weighted by atomic mass is 9.99. The predicted molar refractivity (Wildman–Crippen MR) is 78.4 cm³/mol. The molecule has 1 nitrogen and oxygen atoms in total. The molecular formula is C14H9Cl2OP. The van der Waals surface area contributed by atoms with Gasteiger partial charge in [0, 0.05) is 11.4 Å². The van der Waals surface area contributed by atoms with Crippen molar-refractivity contribution in [2.45, 2.75) is 0 Å². The zero-order valence-electron chi connectivity index (χ0n) is 9.31. The monoisotopic (exact) mass is 294 g/mol. The largest absolute Gasteiger partial charge is 0.452 e. The number of para-hydroxylation sites is 1. The fourth-order valence-electron chi connectivity index (χ4n) is 1.95. The molecule has 0 radical (unpaired) electrons. The maximum absolute atomic E-state index is 6.17. The normalized spacial score (nSPS) is 17.7. The Balaban J connectivity index is 2.19. The second kappa shape index (κ2) is 4.93. The lowest BCUT2D eigenvalue weighted by Gasteiger charge is -2.22. The zero-order valence-corrected chi connectivity index (χ0v) is 11.7. The minimum absolute atomic E-state index is 0.599. The third kappa shape index (κ3) is 2.14. The molecule has 3 rings (SSSR count). The van der Waals surface area contributed by atoms with E-state index in [1.807, 2.05) is 42.2 Å². The van der Waals surface area contributed by atoms with Gasteiger partial charge in [0.25, 0.3) is 0 Å². The van der Waals surface area contributed by atoms with Gasteiger partial charge in [0.15, 0.2) is 5.75 Å². The summed E-state index contributed by atoms with van der Waals surface area (Å²) in [6.45, 7) is 0. The van der Waals surface area contributed by atoms with Crippen LogP contribution in [0.25, 0.3) is 5.57 Å². The highest BCUT2D eigenvalue weighted by molar-refractivity contribution is 7.83. The highest BCUT2D eigenvalue weighted by Crippen LogP contribution is 2.55. The van der Waals surface area contributed by atoms with Gasteiger partial charge in [-0.15, -0.1) is 0 Å². The first-order chi connectivity index (χ1) is 8.75. The lowest BCUT2D eigenvalue weighted by molar-refractivity contribution is 0.628. The van der Waals surface area contributed by atoms with E-state index in [-0.39, 0.29) is 0 Å². The average molecular weight is 295 g/mol. The van der Waals surface area contributed by atoms with Gasteiger partial charge in [-0.25, -0.2) is 0 Å². The standard InChI is InChI=1S/C14H9Cl2OP/c15-13-8-4-7-11-12(9-18(16)17-14(11)13)10-5-2-1-3-6-10/h1-9H. The Labute approximate surface area is 117 Å². The molecule has 2 aromatic rings. The van der Waals surface area contributed by atoms with Crippen LogP contribution in [0.3, 0.4) is 0 Å². The van der Waals surface area contributed by atoms with Crippen molar-refractivity contribution in [1.29, 1.82) is 0 Å². The molecule has 1 unspecified atom stereocenters. The van der Waals surface area contributed by atoms with Crippen LogP contribution < -0.4 is 4.52 Å². The molecule has 2 aromatic carbocycles. The molecule has 0 bridgehead atoms. The van der Waals surface area contributed by atoms with Gasteiger partial charge in [-0.2, -0.15) is 0 Å². The Morgan fingerprint density at radius 3 is 2.50 bits per heavy atom. The lowest BCUT2D eigenvalue weighted by Crippen LogP contribution is -1.98. The molecule has 0 spiro atoms. The number of rotatable bonds is 1. The molecule has 4 heteroatoms. The van der Waals surface area contributed by atoms with E-state index in [0.29, 0.717) is 10.8 Å². The third-order valence-corrected chi connectivity index (χ3v) is 4.37. The summed E-state index contributed by atoms with van der Waals surface area (Å²) in [5.74, 6) is 2.65. The molecule has 1 atom stereocenters. The van der Waals surface area contributed by atoms with Crippen LogP contribution in [0.5, 0.6) is 5.75 Å². The van der Waals surface area contributed by atoms with Gasteiger partial charge in [0.1, 0.15) is 0 Å². The quantitative estimate of drug-likeness (QED) is 0.616. The number of hydrogen-bond acceptors (Lipinski definition) is 1. The van der Waals surface area contributed by atoms with Crippen LogP contribution in [0.1, 0.15) is 11.1 Å². The number of benzene rings is 2. The molecule has 1 aliphatic heterocycles. The Bertz CT molecular complexity index is 610. The number of fused-ring (bicyclic) bond motifs is 1. The smallest absolute Gasteiger partial charge is 0.208 e. The fraction of sp³-hybridized carbons (Fsp3) is 0. The van der Waals surface area contributed by atoms with Crippen molar-refractivity contribution in [3.8, 4) is 5.75 Å². The Morgan fingerprint density at radius 1 is 0.944 bits per heavy atom. The van der Waals surface area contributed by atoms with Gasteiger partial charge in [0.2, 0.25) is 7.50 Å². The third-order valence-electron chi connectivity index (χ3n) is 2.75. The van der Waals surface area contributed by atoms with Crippen LogP contribution in [0, 0.1) is 0 Å². The second-order valence-corrected chi connectivity index (χ2v) is 6.28.